The molecule has 170 valence electrons. The molecule has 1 atom stereocenters. The van der Waals surface area contributed by atoms with E-state index in [4.69, 9.17) is 32.9 Å². The minimum absolute atomic E-state index is 0.160. The lowest BCUT2D eigenvalue weighted by Gasteiger charge is -2.31. The largest absolute Gasteiger partial charge is 0.507 e. The summed E-state index contributed by atoms with van der Waals surface area (Å²) < 4.78 is 6.58. The molecule has 35 heavy (non-hydrogen) atoms. The molecule has 1 aliphatic rings. The zero-order valence-electron chi connectivity index (χ0n) is 18.5. The molecular weight excluding hydrogens is 477 g/mol. The highest BCUT2D eigenvalue weighted by Gasteiger charge is 2.33. The molecule has 0 saturated carbocycles. The summed E-state index contributed by atoms with van der Waals surface area (Å²) in [5.74, 6) is 0.880. The van der Waals surface area contributed by atoms with Crippen LogP contribution in [0.25, 0.3) is 33.6 Å². The number of aromatic hydroxyl groups is 1. The molecule has 5 heteroatoms. The molecule has 3 nitrogen and oxygen atoms in total. The van der Waals surface area contributed by atoms with Gasteiger partial charge in [-0.15, -0.1) is 0 Å². The van der Waals surface area contributed by atoms with Crippen molar-refractivity contribution < 1.29 is 9.84 Å². The predicted octanol–water partition coefficient (Wildman–Crippen LogP) is 8.58. The Balaban J connectivity index is 1.73. The second kappa shape index (κ2) is 8.77. The summed E-state index contributed by atoms with van der Waals surface area (Å²) in [6.45, 7) is 0. The van der Waals surface area contributed by atoms with Gasteiger partial charge in [0.05, 0.1) is 11.4 Å². The van der Waals surface area contributed by atoms with Gasteiger partial charge in [-0.05, 0) is 48.0 Å². The highest BCUT2D eigenvalue weighted by Crippen LogP contribution is 2.50. The first-order chi connectivity index (χ1) is 17.1. The molecule has 0 radical (unpaired) electrons. The normalized spacial score (nSPS) is 14.1. The van der Waals surface area contributed by atoms with Crippen LogP contribution in [0.4, 0.5) is 0 Å². The molecule has 1 aromatic heterocycles. The molecule has 4 aromatic carbocycles. The molecule has 1 N–H and O–H groups in total. The number of para-hydroxylation sites is 2. The highest BCUT2D eigenvalue weighted by molar-refractivity contribution is 6.33. The van der Waals surface area contributed by atoms with Crippen molar-refractivity contribution in [2.75, 3.05) is 0 Å². The van der Waals surface area contributed by atoms with Gasteiger partial charge in [0.1, 0.15) is 11.5 Å². The summed E-state index contributed by atoms with van der Waals surface area (Å²) in [5.41, 5.74) is 6.37. The Bertz CT molecular complexity index is 1580. The van der Waals surface area contributed by atoms with Crippen molar-refractivity contribution >= 4 is 23.2 Å². The second-order valence-electron chi connectivity index (χ2n) is 8.33. The number of aromatic nitrogens is 1. The summed E-state index contributed by atoms with van der Waals surface area (Å²) >= 11 is 13.4. The number of halogens is 2. The minimum Gasteiger partial charge on any atom is -0.507 e. The van der Waals surface area contributed by atoms with Gasteiger partial charge in [0.15, 0.2) is 6.10 Å². The van der Waals surface area contributed by atoms with Gasteiger partial charge in [-0.25, -0.2) is 4.98 Å². The van der Waals surface area contributed by atoms with E-state index in [0.717, 1.165) is 39.3 Å². The van der Waals surface area contributed by atoms with E-state index in [0.29, 0.717) is 21.3 Å². The van der Waals surface area contributed by atoms with Crippen LogP contribution >= 0.6 is 23.2 Å². The van der Waals surface area contributed by atoms with Gasteiger partial charge < -0.3 is 9.84 Å². The number of nitrogens with zero attached hydrogens (tertiary/aromatic N) is 1. The second-order valence-corrected chi connectivity index (χ2v) is 9.14. The summed E-state index contributed by atoms with van der Waals surface area (Å²) in [6.07, 6.45) is -0.495. The van der Waals surface area contributed by atoms with Crippen LogP contribution in [0.5, 0.6) is 11.5 Å². The number of ether oxygens (including phenoxy) is 1. The molecule has 0 fully saturated rings. The number of pyridine rings is 1. The third-order valence-corrected chi connectivity index (χ3v) is 6.91. The number of phenolic OH excluding ortho intramolecular Hbond substituents is 1. The average Bonchev–Trinajstić information content (AvgIpc) is 2.88. The predicted molar refractivity (Wildman–Crippen MR) is 141 cm³/mol. The van der Waals surface area contributed by atoms with Gasteiger partial charge in [0.2, 0.25) is 0 Å². The maximum absolute atomic E-state index is 10.6. The van der Waals surface area contributed by atoms with Crippen LogP contribution in [-0.4, -0.2) is 10.1 Å². The van der Waals surface area contributed by atoms with E-state index >= 15 is 0 Å². The van der Waals surface area contributed by atoms with E-state index in [1.807, 2.05) is 91.0 Å². The number of hydrogen-bond donors (Lipinski definition) is 1. The molecular formula is C30H19Cl2NO2. The molecule has 1 unspecified atom stereocenters. The quantitative estimate of drug-likeness (QED) is 0.272. The molecule has 6 rings (SSSR count). The Kier molecular flexibility index (Phi) is 5.44. The van der Waals surface area contributed by atoms with Gasteiger partial charge in [-0.2, -0.15) is 0 Å². The highest BCUT2D eigenvalue weighted by atomic mass is 35.5. The van der Waals surface area contributed by atoms with Crippen LogP contribution in [0.3, 0.4) is 0 Å². The third-order valence-electron chi connectivity index (χ3n) is 6.24. The SMILES string of the molecule is Oc1ccccc1-c1cc(-c2ccccc2Cl)c2c(n1)-c1ccccc1OC2c1ccccc1Cl. The maximum atomic E-state index is 10.6. The Morgan fingerprint density at radius 2 is 1.29 bits per heavy atom. The Morgan fingerprint density at radius 1 is 0.657 bits per heavy atom. The first-order valence-electron chi connectivity index (χ1n) is 11.2. The van der Waals surface area contributed by atoms with Crippen molar-refractivity contribution in [3.8, 4) is 45.1 Å². The molecule has 0 spiro atoms. The third kappa shape index (κ3) is 3.74. The summed E-state index contributed by atoms with van der Waals surface area (Å²) in [5, 5.41) is 11.9. The smallest absolute Gasteiger partial charge is 0.153 e. The number of phenols is 1. The van der Waals surface area contributed by atoms with Crippen LogP contribution in [0.1, 0.15) is 17.2 Å². The zero-order chi connectivity index (χ0) is 23.9. The van der Waals surface area contributed by atoms with Gasteiger partial charge in [0.25, 0.3) is 0 Å². The molecule has 2 heterocycles. The lowest BCUT2D eigenvalue weighted by molar-refractivity contribution is 0.243. The van der Waals surface area contributed by atoms with Gasteiger partial charge in [-0.1, -0.05) is 83.9 Å². The zero-order valence-corrected chi connectivity index (χ0v) is 20.0. The first-order valence-corrected chi connectivity index (χ1v) is 12.0. The first kappa shape index (κ1) is 21.7. The van der Waals surface area contributed by atoms with E-state index in [9.17, 15) is 5.11 Å². The number of rotatable bonds is 3. The minimum atomic E-state index is -0.495. The van der Waals surface area contributed by atoms with Crippen molar-refractivity contribution in [1.82, 2.24) is 4.98 Å². The topological polar surface area (TPSA) is 42.4 Å². The standard InChI is InChI=1S/C30H19Cl2NO2/c31-23-13-5-1-9-18(23)22-17-25(20-11-3-7-15-26(20)34)33-29-21-12-4-8-16-27(21)35-30(28(22)29)19-10-2-6-14-24(19)32/h1-17,30,34H. The number of hydrogen-bond acceptors (Lipinski definition) is 3. The van der Waals surface area contributed by atoms with Gasteiger partial charge in [0, 0.05) is 37.9 Å². The maximum Gasteiger partial charge on any atom is 0.153 e. The van der Waals surface area contributed by atoms with E-state index in [-0.39, 0.29) is 5.75 Å². The summed E-state index contributed by atoms with van der Waals surface area (Å²) in [7, 11) is 0. The lowest BCUT2D eigenvalue weighted by Crippen LogP contribution is -2.18. The Morgan fingerprint density at radius 3 is 2.03 bits per heavy atom. The van der Waals surface area contributed by atoms with E-state index < -0.39 is 6.10 Å². The van der Waals surface area contributed by atoms with E-state index in [2.05, 4.69) is 0 Å². The van der Waals surface area contributed by atoms with Crippen molar-refractivity contribution in [2.24, 2.45) is 0 Å². The van der Waals surface area contributed by atoms with Crippen molar-refractivity contribution in [3.63, 3.8) is 0 Å². The van der Waals surface area contributed by atoms with Crippen molar-refractivity contribution in [1.29, 1.82) is 0 Å². The van der Waals surface area contributed by atoms with Crippen molar-refractivity contribution in [3.05, 3.63) is 124 Å². The fraction of sp³-hybridized carbons (Fsp3) is 0.0333. The van der Waals surface area contributed by atoms with Crippen LogP contribution in [-0.2, 0) is 0 Å². The van der Waals surface area contributed by atoms with Crippen LogP contribution in [0.2, 0.25) is 10.0 Å². The molecule has 0 saturated heterocycles. The summed E-state index contributed by atoms with van der Waals surface area (Å²) in [6, 6.07) is 32.4. The van der Waals surface area contributed by atoms with Gasteiger partial charge >= 0.3 is 0 Å². The van der Waals surface area contributed by atoms with Crippen molar-refractivity contribution in [2.45, 2.75) is 6.10 Å². The number of benzene rings is 4. The molecule has 0 bridgehead atoms. The fourth-order valence-electron chi connectivity index (χ4n) is 4.61. The van der Waals surface area contributed by atoms with E-state index in [1.165, 1.54) is 0 Å². The molecule has 5 aromatic rings. The monoisotopic (exact) mass is 495 g/mol. The molecule has 0 aliphatic carbocycles. The van der Waals surface area contributed by atoms with Gasteiger partial charge in [-0.3, -0.25) is 0 Å². The van der Waals surface area contributed by atoms with Crippen LogP contribution < -0.4 is 4.74 Å². The van der Waals surface area contributed by atoms with E-state index in [1.54, 1.807) is 12.1 Å². The molecule has 0 amide bonds. The number of fused-ring (bicyclic) bond motifs is 3. The van der Waals surface area contributed by atoms with Crippen LogP contribution in [0.15, 0.2) is 103 Å². The molecule has 1 aliphatic heterocycles. The lowest BCUT2D eigenvalue weighted by atomic mass is 9.86. The Labute approximate surface area is 213 Å². The van der Waals surface area contributed by atoms with Crippen LogP contribution in [0, 0.1) is 0 Å². The summed E-state index contributed by atoms with van der Waals surface area (Å²) in [4.78, 5) is 5.08. The Hall–Kier alpha value is -3.79. The average molecular weight is 496 g/mol. The fourth-order valence-corrected chi connectivity index (χ4v) is 5.09.